The van der Waals surface area contributed by atoms with E-state index in [1.807, 2.05) is 13.8 Å². The van der Waals surface area contributed by atoms with Crippen molar-refractivity contribution in [2.45, 2.75) is 123 Å². The van der Waals surface area contributed by atoms with Crippen molar-refractivity contribution in [1.29, 1.82) is 0 Å². The summed E-state index contributed by atoms with van der Waals surface area (Å²) in [6.45, 7) is 13.0. The van der Waals surface area contributed by atoms with Gasteiger partial charge in [-0.1, -0.05) is 34.1 Å². The Morgan fingerprint density at radius 2 is 1.59 bits per heavy atom. The summed E-state index contributed by atoms with van der Waals surface area (Å²) in [5.74, 6) is 2.65. The molecule has 4 rings (SSSR count). The lowest BCUT2D eigenvalue weighted by molar-refractivity contribution is -0.207. The van der Waals surface area contributed by atoms with E-state index in [1.54, 1.807) is 0 Å². The molecule has 186 valence electrons. The number of hydrogen-bond donors (Lipinski definition) is 4. The Hall–Kier alpha value is -0.160. The fourth-order valence-electron chi connectivity index (χ4n) is 9.20. The second-order valence-corrected chi connectivity index (χ2v) is 13.6. The maximum atomic E-state index is 11.7. The molecule has 0 amide bonds. The number of aliphatic hydroxyl groups excluding tert-OH is 3. The number of aliphatic hydroxyl groups is 4. The standard InChI is InChI=1S/C28H50O4/c1-16(7-8-17(2)26(3,4)32)20-9-10-21-25-22(15-24(31)28(20,21)6)27(5)12-11-19(29)13-18(27)14-23(25)30/h16-25,29-32H,7-15H2,1-6H3/t16-,17-,18+,19-,20-,21+,22+,23-,24+,25+,27+,28-/m1/s1. The van der Waals surface area contributed by atoms with Crippen LogP contribution in [0.25, 0.3) is 0 Å². The molecule has 0 saturated heterocycles. The molecule has 4 heteroatoms. The quantitative estimate of drug-likeness (QED) is 0.486. The Morgan fingerprint density at radius 1 is 0.906 bits per heavy atom. The third-order valence-corrected chi connectivity index (χ3v) is 11.8. The van der Waals surface area contributed by atoms with Crippen molar-refractivity contribution in [2.75, 3.05) is 0 Å². The molecule has 4 nitrogen and oxygen atoms in total. The largest absolute Gasteiger partial charge is 0.393 e. The molecule has 4 N–H and O–H groups in total. The van der Waals surface area contributed by atoms with Crippen molar-refractivity contribution in [3.8, 4) is 0 Å². The summed E-state index contributed by atoms with van der Waals surface area (Å²) in [7, 11) is 0. The van der Waals surface area contributed by atoms with Gasteiger partial charge in [0.1, 0.15) is 0 Å². The van der Waals surface area contributed by atoms with Crippen LogP contribution in [0.15, 0.2) is 0 Å². The summed E-state index contributed by atoms with van der Waals surface area (Å²) in [6.07, 6.45) is 7.84. The predicted molar refractivity (Wildman–Crippen MR) is 128 cm³/mol. The zero-order chi connectivity index (χ0) is 23.6. The number of rotatable bonds is 5. The average Bonchev–Trinajstić information content (AvgIpc) is 3.06. The summed E-state index contributed by atoms with van der Waals surface area (Å²) in [5.41, 5.74) is -0.640. The molecule has 4 aliphatic carbocycles. The minimum Gasteiger partial charge on any atom is -0.393 e. The van der Waals surface area contributed by atoms with Crippen LogP contribution in [0.3, 0.4) is 0 Å². The SMILES string of the molecule is C[C@H](CC[C@@H](C)C(C)(C)O)[C@H]1CC[C@H]2[C@@H]3[C@H](O)C[C@@H]4C[C@H](O)CC[C@]4(C)[C@H]3C[C@H](O)[C@]12C. The minimum atomic E-state index is -0.648. The van der Waals surface area contributed by atoms with Crippen LogP contribution in [0.5, 0.6) is 0 Å². The average molecular weight is 451 g/mol. The third kappa shape index (κ3) is 3.89. The van der Waals surface area contributed by atoms with Gasteiger partial charge in [0.25, 0.3) is 0 Å². The highest BCUT2D eigenvalue weighted by Crippen LogP contribution is 2.68. The van der Waals surface area contributed by atoms with E-state index in [-0.39, 0.29) is 41.0 Å². The van der Waals surface area contributed by atoms with E-state index >= 15 is 0 Å². The normalized spacial score (nSPS) is 50.8. The van der Waals surface area contributed by atoms with Crippen LogP contribution in [0.4, 0.5) is 0 Å². The van der Waals surface area contributed by atoms with Crippen molar-refractivity contribution < 1.29 is 20.4 Å². The van der Waals surface area contributed by atoms with E-state index in [1.165, 1.54) is 0 Å². The van der Waals surface area contributed by atoms with Gasteiger partial charge in [0.15, 0.2) is 0 Å². The van der Waals surface area contributed by atoms with Crippen molar-refractivity contribution in [3.05, 3.63) is 0 Å². The lowest BCUT2D eigenvalue weighted by atomic mass is 9.43. The molecule has 0 radical (unpaired) electrons. The van der Waals surface area contributed by atoms with Crippen molar-refractivity contribution in [2.24, 2.45) is 52.3 Å². The molecular formula is C28H50O4. The molecule has 0 aliphatic heterocycles. The van der Waals surface area contributed by atoms with Gasteiger partial charge in [-0.3, -0.25) is 0 Å². The highest BCUT2D eigenvalue weighted by Gasteiger charge is 2.65. The van der Waals surface area contributed by atoms with Gasteiger partial charge in [0.2, 0.25) is 0 Å². The first-order valence-corrected chi connectivity index (χ1v) is 13.6. The molecular weight excluding hydrogens is 400 g/mol. The van der Waals surface area contributed by atoms with Gasteiger partial charge in [-0.25, -0.2) is 0 Å². The predicted octanol–water partition coefficient (Wildman–Crippen LogP) is 4.77. The molecule has 0 aromatic rings. The number of hydrogen-bond acceptors (Lipinski definition) is 4. The van der Waals surface area contributed by atoms with Gasteiger partial charge in [-0.2, -0.15) is 0 Å². The smallest absolute Gasteiger partial charge is 0.0617 e. The molecule has 32 heavy (non-hydrogen) atoms. The van der Waals surface area contributed by atoms with Crippen molar-refractivity contribution >= 4 is 0 Å². The van der Waals surface area contributed by atoms with Crippen LogP contribution in [-0.2, 0) is 0 Å². The monoisotopic (exact) mass is 450 g/mol. The van der Waals surface area contributed by atoms with Gasteiger partial charge >= 0.3 is 0 Å². The Bertz CT molecular complexity index is 673. The topological polar surface area (TPSA) is 80.9 Å². The van der Waals surface area contributed by atoms with Gasteiger partial charge in [-0.05, 0) is 117 Å². The summed E-state index contributed by atoms with van der Waals surface area (Å²) in [5, 5.41) is 43.7. The molecule has 4 fully saturated rings. The van der Waals surface area contributed by atoms with Crippen LogP contribution < -0.4 is 0 Å². The first-order valence-electron chi connectivity index (χ1n) is 13.6. The fourth-order valence-corrected chi connectivity index (χ4v) is 9.20. The lowest BCUT2D eigenvalue weighted by Gasteiger charge is -2.63. The summed E-state index contributed by atoms with van der Waals surface area (Å²) < 4.78 is 0. The molecule has 4 saturated carbocycles. The zero-order valence-electron chi connectivity index (χ0n) is 21.4. The number of fused-ring (bicyclic) bond motifs is 5. The molecule has 0 unspecified atom stereocenters. The van der Waals surface area contributed by atoms with Crippen LogP contribution >= 0.6 is 0 Å². The molecule has 0 bridgehead atoms. The maximum Gasteiger partial charge on any atom is 0.0617 e. The summed E-state index contributed by atoms with van der Waals surface area (Å²) >= 11 is 0. The first-order chi connectivity index (χ1) is 14.8. The van der Waals surface area contributed by atoms with E-state index in [0.717, 1.165) is 57.8 Å². The highest BCUT2D eigenvalue weighted by atomic mass is 16.3. The van der Waals surface area contributed by atoms with Gasteiger partial charge in [-0.15, -0.1) is 0 Å². The summed E-state index contributed by atoms with van der Waals surface area (Å²) in [4.78, 5) is 0. The first kappa shape index (κ1) is 24.9. The van der Waals surface area contributed by atoms with Crippen LogP contribution in [0, 0.1) is 52.3 Å². The maximum absolute atomic E-state index is 11.7. The zero-order valence-corrected chi connectivity index (χ0v) is 21.4. The molecule has 0 aromatic heterocycles. The lowest BCUT2D eigenvalue weighted by Crippen LogP contribution is -2.62. The van der Waals surface area contributed by atoms with Gasteiger partial charge < -0.3 is 20.4 Å². The van der Waals surface area contributed by atoms with Crippen molar-refractivity contribution in [3.63, 3.8) is 0 Å². The summed E-state index contributed by atoms with van der Waals surface area (Å²) in [6, 6.07) is 0. The van der Waals surface area contributed by atoms with E-state index in [0.29, 0.717) is 29.6 Å². The highest BCUT2D eigenvalue weighted by molar-refractivity contribution is 5.14. The Kier molecular flexibility index (Phi) is 6.63. The van der Waals surface area contributed by atoms with Crippen LogP contribution in [0.1, 0.15) is 99.3 Å². The minimum absolute atomic E-state index is 0.128. The molecule has 0 heterocycles. The second-order valence-electron chi connectivity index (χ2n) is 13.6. The van der Waals surface area contributed by atoms with E-state index in [9.17, 15) is 20.4 Å². The Balaban J connectivity index is 1.54. The van der Waals surface area contributed by atoms with Gasteiger partial charge in [0.05, 0.1) is 23.9 Å². The molecule has 0 aromatic carbocycles. The van der Waals surface area contributed by atoms with Crippen molar-refractivity contribution in [1.82, 2.24) is 0 Å². The molecule has 12 atom stereocenters. The molecule has 4 aliphatic rings. The van der Waals surface area contributed by atoms with E-state index < -0.39 is 5.60 Å². The van der Waals surface area contributed by atoms with Crippen LogP contribution in [0.2, 0.25) is 0 Å². The van der Waals surface area contributed by atoms with E-state index in [4.69, 9.17) is 0 Å². The van der Waals surface area contributed by atoms with Gasteiger partial charge in [0, 0.05) is 0 Å². The van der Waals surface area contributed by atoms with E-state index in [2.05, 4.69) is 27.7 Å². The molecule has 0 spiro atoms. The fraction of sp³-hybridized carbons (Fsp3) is 1.00. The van der Waals surface area contributed by atoms with Crippen LogP contribution in [-0.4, -0.2) is 44.3 Å². The third-order valence-electron chi connectivity index (χ3n) is 11.8. The second kappa shape index (κ2) is 8.50. The Labute approximate surface area is 196 Å². The Morgan fingerprint density at radius 3 is 2.25 bits per heavy atom.